The number of piperidine rings is 1. The summed E-state index contributed by atoms with van der Waals surface area (Å²) in [5.74, 6) is -0.0209. The summed E-state index contributed by atoms with van der Waals surface area (Å²) in [7, 11) is 0. The molecule has 0 aliphatic carbocycles. The number of rotatable bonds is 0. The Balaban J connectivity index is 0.000000139. The first kappa shape index (κ1) is 21.6. The van der Waals surface area contributed by atoms with Gasteiger partial charge in [0.2, 0.25) is 5.43 Å². The number of fused-ring (bicyclic) bond motifs is 4. The molecule has 3 aromatic rings. The molecule has 8 heteroatoms. The maximum atomic E-state index is 13.1. The summed E-state index contributed by atoms with van der Waals surface area (Å²) in [6.45, 7) is 0.666. The van der Waals surface area contributed by atoms with Crippen LogP contribution in [-0.4, -0.2) is 33.3 Å². The Labute approximate surface area is 195 Å². The minimum Gasteiger partial charge on any atom is -0.502 e. The van der Waals surface area contributed by atoms with E-state index in [1.807, 2.05) is 6.07 Å². The van der Waals surface area contributed by atoms with Crippen LogP contribution in [0.3, 0.4) is 0 Å². The van der Waals surface area contributed by atoms with Crippen molar-refractivity contribution in [2.45, 2.75) is 42.5 Å². The van der Waals surface area contributed by atoms with Crippen LogP contribution in [0, 0.1) is 5.82 Å². The van der Waals surface area contributed by atoms with Crippen molar-refractivity contribution in [1.29, 1.82) is 0 Å². The summed E-state index contributed by atoms with van der Waals surface area (Å²) in [4.78, 5) is 26.5. The molecule has 6 rings (SSSR count). The lowest BCUT2D eigenvalue weighted by molar-refractivity contribution is 0.0569. The van der Waals surface area contributed by atoms with Gasteiger partial charge in [0.15, 0.2) is 11.4 Å². The molecule has 0 saturated carbocycles. The topological polar surface area (TPSA) is 74.6 Å². The van der Waals surface area contributed by atoms with E-state index in [1.54, 1.807) is 28.8 Å². The highest BCUT2D eigenvalue weighted by Gasteiger charge is 2.35. The quantitative estimate of drug-likeness (QED) is 0.523. The molecule has 170 valence electrons. The van der Waals surface area contributed by atoms with Crippen molar-refractivity contribution in [3.8, 4) is 5.75 Å². The first-order valence-electron chi connectivity index (χ1n) is 11.0. The van der Waals surface area contributed by atoms with Gasteiger partial charge in [-0.2, -0.15) is 0 Å². The van der Waals surface area contributed by atoms with E-state index < -0.39 is 11.2 Å². The van der Waals surface area contributed by atoms with Crippen molar-refractivity contribution in [2.24, 2.45) is 0 Å². The Kier molecular flexibility index (Phi) is 5.85. The third-order valence-electron chi connectivity index (χ3n) is 6.23. The van der Waals surface area contributed by atoms with E-state index in [4.69, 9.17) is 0 Å². The number of carbonyl (C=O) groups excluding carboxylic acids is 1. The number of benzene rings is 2. The van der Waals surface area contributed by atoms with Crippen molar-refractivity contribution in [3.63, 3.8) is 0 Å². The fraction of sp³-hybridized carbons (Fsp3) is 0.280. The van der Waals surface area contributed by atoms with Crippen LogP contribution in [-0.2, 0) is 12.2 Å². The Morgan fingerprint density at radius 2 is 1.88 bits per heavy atom. The van der Waals surface area contributed by atoms with Gasteiger partial charge in [0.05, 0.1) is 0 Å². The Hall–Kier alpha value is -3.26. The van der Waals surface area contributed by atoms with E-state index in [0.717, 1.165) is 37.0 Å². The van der Waals surface area contributed by atoms with Gasteiger partial charge in [-0.05, 0) is 60.6 Å². The fourth-order valence-corrected chi connectivity index (χ4v) is 5.58. The monoisotopic (exact) mass is 465 g/mol. The van der Waals surface area contributed by atoms with Crippen molar-refractivity contribution >= 4 is 17.7 Å². The van der Waals surface area contributed by atoms with Crippen molar-refractivity contribution in [1.82, 2.24) is 9.58 Å². The smallest absolute Gasteiger partial charge is 0.278 e. The summed E-state index contributed by atoms with van der Waals surface area (Å²) in [5.41, 5.74) is 6.35. The second-order valence-electron chi connectivity index (χ2n) is 8.37. The number of aromatic hydroxyl groups is 1. The summed E-state index contributed by atoms with van der Waals surface area (Å²) in [6, 6.07) is 14.8. The first-order valence-corrected chi connectivity index (χ1v) is 12.0. The van der Waals surface area contributed by atoms with E-state index in [1.165, 1.54) is 33.0 Å². The number of nitrogens with zero attached hydrogens (tertiary/aromatic N) is 2. The lowest BCUT2D eigenvalue weighted by Gasteiger charge is -2.41. The molecule has 1 amide bonds. The van der Waals surface area contributed by atoms with Crippen LogP contribution in [0.5, 0.6) is 5.75 Å². The second-order valence-corrected chi connectivity index (χ2v) is 9.39. The first-order chi connectivity index (χ1) is 16.0. The van der Waals surface area contributed by atoms with Crippen LogP contribution in [0.4, 0.5) is 4.39 Å². The predicted octanol–water partition coefficient (Wildman–Crippen LogP) is 4.09. The molecule has 1 fully saturated rings. The normalized spacial score (nSPS) is 18.4. The molecule has 1 saturated heterocycles. The third kappa shape index (κ3) is 4.23. The molecule has 2 N–H and O–H groups in total. The summed E-state index contributed by atoms with van der Waals surface area (Å²) in [5, 5.41) is 9.68. The maximum absolute atomic E-state index is 13.1. The van der Waals surface area contributed by atoms with Crippen LogP contribution in [0.1, 0.15) is 46.4 Å². The molecule has 6 nitrogen and oxygen atoms in total. The number of thioether (sulfide) groups is 1. The van der Waals surface area contributed by atoms with Crippen LogP contribution in [0.25, 0.3) is 0 Å². The lowest BCUT2D eigenvalue weighted by Crippen LogP contribution is -2.55. The molecule has 0 bridgehead atoms. The molecule has 33 heavy (non-hydrogen) atoms. The van der Waals surface area contributed by atoms with Crippen LogP contribution >= 0.6 is 11.8 Å². The lowest BCUT2D eigenvalue weighted by atomic mass is 10.0. The molecule has 1 unspecified atom stereocenters. The highest BCUT2D eigenvalue weighted by molar-refractivity contribution is 7.98. The molecule has 1 aromatic heterocycles. The molecule has 2 aromatic carbocycles. The van der Waals surface area contributed by atoms with E-state index in [9.17, 15) is 19.1 Å². The number of hydrogen-bond acceptors (Lipinski definition) is 5. The van der Waals surface area contributed by atoms with Crippen molar-refractivity contribution in [3.05, 3.63) is 93.2 Å². The molecular weight excluding hydrogens is 441 g/mol. The zero-order valence-corrected chi connectivity index (χ0v) is 18.8. The van der Waals surface area contributed by atoms with Gasteiger partial charge >= 0.3 is 0 Å². The summed E-state index contributed by atoms with van der Waals surface area (Å²) in [6.07, 6.45) is 5.29. The van der Waals surface area contributed by atoms with Gasteiger partial charge in [0.1, 0.15) is 12.0 Å². The van der Waals surface area contributed by atoms with Crippen molar-refractivity contribution in [2.75, 3.05) is 12.0 Å². The van der Waals surface area contributed by atoms with Gasteiger partial charge in [-0.15, -0.1) is 11.8 Å². The minimum absolute atomic E-state index is 0.0364. The van der Waals surface area contributed by atoms with Gasteiger partial charge in [-0.3, -0.25) is 14.3 Å². The molecule has 3 aliphatic heterocycles. The summed E-state index contributed by atoms with van der Waals surface area (Å²) < 4.78 is 14.6. The number of pyridine rings is 1. The number of halogens is 1. The molecule has 1 atom stereocenters. The Bertz CT molecular complexity index is 1280. The van der Waals surface area contributed by atoms with Gasteiger partial charge < -0.3 is 15.4 Å². The number of amides is 1. The zero-order valence-electron chi connectivity index (χ0n) is 18.0. The van der Waals surface area contributed by atoms with E-state index >= 15 is 0 Å². The molecule has 0 spiro atoms. The Morgan fingerprint density at radius 3 is 2.76 bits per heavy atom. The standard InChI is InChI=1S/C14H11FS.C11H13N3O3/c15-13-6-5-10-7-11-3-1-2-4-14(11)16-9-12(10)8-13;15-7-4-6-14-9(10(7)16)11(17)13-5-2-1-3-8(13)12-14/h1-6,8H,7,9H2;4,6,8,12,16H,1-3,5H2. The average molecular weight is 466 g/mol. The van der Waals surface area contributed by atoms with Gasteiger partial charge in [0, 0.05) is 29.5 Å². The second kappa shape index (κ2) is 8.94. The largest absolute Gasteiger partial charge is 0.502 e. The molecular formula is C25H24FN3O3S. The fourth-order valence-electron chi connectivity index (χ4n) is 4.50. The minimum atomic E-state index is -0.526. The van der Waals surface area contributed by atoms with Crippen LogP contribution in [0.15, 0.2) is 64.4 Å². The molecule has 3 aliphatic rings. The highest BCUT2D eigenvalue weighted by Crippen LogP contribution is 2.33. The maximum Gasteiger partial charge on any atom is 0.278 e. The van der Waals surface area contributed by atoms with Gasteiger partial charge in [-0.25, -0.2) is 4.39 Å². The number of hydrogen-bond donors (Lipinski definition) is 2. The van der Waals surface area contributed by atoms with Crippen LogP contribution < -0.4 is 10.9 Å². The van der Waals surface area contributed by atoms with Crippen molar-refractivity contribution < 1.29 is 14.3 Å². The zero-order chi connectivity index (χ0) is 22.9. The van der Waals surface area contributed by atoms with Crippen LogP contribution in [0.2, 0.25) is 0 Å². The molecule has 4 heterocycles. The predicted molar refractivity (Wildman–Crippen MR) is 126 cm³/mol. The highest BCUT2D eigenvalue weighted by atomic mass is 32.2. The number of nitrogens with one attached hydrogen (secondary N) is 1. The SMILES string of the molecule is Fc1ccc2c(c1)CSc1ccccc1C2.O=C1c2c(O)c(=O)ccn2NC2CCCCN12. The Morgan fingerprint density at radius 1 is 1.03 bits per heavy atom. The third-order valence-corrected chi connectivity index (χ3v) is 7.40. The van der Waals surface area contributed by atoms with E-state index in [0.29, 0.717) is 6.54 Å². The summed E-state index contributed by atoms with van der Waals surface area (Å²) >= 11 is 1.79. The number of carbonyl (C=O) groups is 1. The van der Waals surface area contributed by atoms with Gasteiger partial charge in [-0.1, -0.05) is 24.3 Å². The van der Waals surface area contributed by atoms with Gasteiger partial charge in [0.25, 0.3) is 5.91 Å². The number of aromatic nitrogens is 1. The molecule has 0 radical (unpaired) electrons. The van der Waals surface area contributed by atoms with E-state index in [2.05, 4.69) is 29.7 Å². The van der Waals surface area contributed by atoms with E-state index in [-0.39, 0.29) is 23.6 Å². The average Bonchev–Trinajstić information content (AvgIpc) is 3.01.